The zero-order valence-electron chi connectivity index (χ0n) is 11.8. The number of urea groups is 1. The summed E-state index contributed by atoms with van der Waals surface area (Å²) in [6.45, 7) is 0.174. The van der Waals surface area contributed by atoms with E-state index in [2.05, 4.69) is 10.3 Å². The van der Waals surface area contributed by atoms with Gasteiger partial charge in [0.2, 0.25) is 0 Å². The highest BCUT2D eigenvalue weighted by atomic mass is 32.1. The Labute approximate surface area is 131 Å². The average molecular weight is 321 g/mol. The van der Waals surface area contributed by atoms with Crippen LogP contribution in [-0.4, -0.2) is 33.6 Å². The number of aliphatic hydroxyl groups excluding tert-OH is 1. The van der Waals surface area contributed by atoms with Gasteiger partial charge in [0.1, 0.15) is 5.82 Å². The number of aromatic nitrogens is 1. The average Bonchev–Trinajstić information content (AvgIpc) is 3.22. The van der Waals surface area contributed by atoms with Crippen LogP contribution in [0.4, 0.5) is 14.3 Å². The molecule has 1 saturated carbocycles. The van der Waals surface area contributed by atoms with Gasteiger partial charge in [0.15, 0.2) is 5.13 Å². The van der Waals surface area contributed by atoms with Crippen LogP contribution in [-0.2, 0) is 0 Å². The number of carbonyl (C=O) groups is 1. The Balaban J connectivity index is 1.66. The van der Waals surface area contributed by atoms with Crippen LogP contribution in [0, 0.1) is 5.82 Å². The topological polar surface area (TPSA) is 65.5 Å². The Morgan fingerprint density at radius 2 is 2.18 bits per heavy atom. The first kappa shape index (κ1) is 14.9. The molecule has 7 heteroatoms. The van der Waals surface area contributed by atoms with Gasteiger partial charge in [-0.2, -0.15) is 0 Å². The van der Waals surface area contributed by atoms with Crippen molar-refractivity contribution >= 4 is 22.5 Å². The minimum Gasteiger partial charge on any atom is -0.387 e. The van der Waals surface area contributed by atoms with Gasteiger partial charge in [-0.15, -0.1) is 11.3 Å². The number of aliphatic hydroxyl groups is 1. The maximum absolute atomic E-state index is 12.9. The molecule has 1 fully saturated rings. The molecule has 1 atom stereocenters. The van der Waals surface area contributed by atoms with Gasteiger partial charge >= 0.3 is 6.03 Å². The first-order valence-electron chi connectivity index (χ1n) is 7.04. The van der Waals surface area contributed by atoms with Crippen molar-refractivity contribution in [2.24, 2.45) is 0 Å². The van der Waals surface area contributed by atoms with Crippen LogP contribution >= 0.6 is 11.3 Å². The number of nitrogens with zero attached hydrogens (tertiary/aromatic N) is 2. The number of amides is 2. The number of hydrogen-bond acceptors (Lipinski definition) is 4. The van der Waals surface area contributed by atoms with E-state index >= 15 is 0 Å². The molecule has 3 rings (SSSR count). The molecular weight excluding hydrogens is 305 g/mol. The third-order valence-corrected chi connectivity index (χ3v) is 4.21. The van der Waals surface area contributed by atoms with Crippen LogP contribution in [0.3, 0.4) is 0 Å². The number of thiazole rings is 1. The SMILES string of the molecule is O=C(Nc1nccs1)N(CC(O)c1ccc(F)cc1)C1CC1. The summed E-state index contributed by atoms with van der Waals surface area (Å²) >= 11 is 1.34. The van der Waals surface area contributed by atoms with Crippen molar-refractivity contribution in [1.29, 1.82) is 0 Å². The van der Waals surface area contributed by atoms with Crippen molar-refractivity contribution in [2.75, 3.05) is 11.9 Å². The maximum Gasteiger partial charge on any atom is 0.323 e. The molecule has 22 heavy (non-hydrogen) atoms. The number of halogens is 1. The standard InChI is InChI=1S/C15H16FN3O2S/c16-11-3-1-10(2-4-11)13(20)9-19(12-5-6-12)15(21)18-14-17-7-8-22-14/h1-4,7-8,12-13,20H,5-6,9H2,(H,17,18,21). The summed E-state index contributed by atoms with van der Waals surface area (Å²) in [4.78, 5) is 18.0. The van der Waals surface area contributed by atoms with Crippen molar-refractivity contribution in [3.05, 3.63) is 47.2 Å². The Hall–Kier alpha value is -1.99. The van der Waals surface area contributed by atoms with Crippen molar-refractivity contribution in [3.8, 4) is 0 Å². The molecule has 1 aromatic heterocycles. The van der Waals surface area contributed by atoms with E-state index in [1.807, 2.05) is 0 Å². The molecule has 2 aromatic rings. The van der Waals surface area contributed by atoms with E-state index in [1.165, 1.54) is 35.6 Å². The molecule has 1 aliphatic rings. The van der Waals surface area contributed by atoms with Crippen LogP contribution in [0.25, 0.3) is 0 Å². The minimum absolute atomic E-state index is 0.148. The van der Waals surface area contributed by atoms with Crippen LogP contribution in [0.5, 0.6) is 0 Å². The molecule has 0 radical (unpaired) electrons. The van der Waals surface area contributed by atoms with Gasteiger partial charge in [0.25, 0.3) is 0 Å². The van der Waals surface area contributed by atoms with E-state index < -0.39 is 6.10 Å². The molecular formula is C15H16FN3O2S. The van der Waals surface area contributed by atoms with Crippen LogP contribution in [0.15, 0.2) is 35.8 Å². The van der Waals surface area contributed by atoms with Gasteiger partial charge < -0.3 is 10.0 Å². The second kappa shape index (κ2) is 6.41. The fourth-order valence-electron chi connectivity index (χ4n) is 2.21. The summed E-state index contributed by atoms with van der Waals surface area (Å²) in [6.07, 6.45) is 2.64. The first-order chi connectivity index (χ1) is 10.6. The highest BCUT2D eigenvalue weighted by Crippen LogP contribution is 2.29. The van der Waals surface area contributed by atoms with Crippen LogP contribution < -0.4 is 5.32 Å². The van der Waals surface area contributed by atoms with Gasteiger partial charge in [-0.1, -0.05) is 12.1 Å². The van der Waals surface area contributed by atoms with Crippen LogP contribution in [0.2, 0.25) is 0 Å². The summed E-state index contributed by atoms with van der Waals surface area (Å²) in [5.74, 6) is -0.350. The molecule has 0 aliphatic heterocycles. The van der Waals surface area contributed by atoms with Gasteiger partial charge in [-0.05, 0) is 30.5 Å². The highest BCUT2D eigenvalue weighted by molar-refractivity contribution is 7.13. The van der Waals surface area contributed by atoms with E-state index in [0.717, 1.165) is 12.8 Å². The van der Waals surface area contributed by atoms with Crippen molar-refractivity contribution in [3.63, 3.8) is 0 Å². The normalized spacial score (nSPS) is 15.4. The second-order valence-corrected chi connectivity index (χ2v) is 6.11. The number of carbonyl (C=O) groups excluding carboxylic acids is 1. The second-order valence-electron chi connectivity index (χ2n) is 5.22. The third kappa shape index (κ3) is 3.61. The quantitative estimate of drug-likeness (QED) is 0.889. The molecule has 2 amide bonds. The zero-order valence-corrected chi connectivity index (χ0v) is 12.6. The Kier molecular flexibility index (Phi) is 4.35. The minimum atomic E-state index is -0.844. The Morgan fingerprint density at radius 3 is 2.77 bits per heavy atom. The van der Waals surface area contributed by atoms with E-state index in [1.54, 1.807) is 16.5 Å². The molecule has 1 unspecified atom stereocenters. The molecule has 0 bridgehead atoms. The predicted octanol–water partition coefficient (Wildman–Crippen LogP) is 3.01. The molecule has 116 valence electrons. The largest absolute Gasteiger partial charge is 0.387 e. The molecule has 5 nitrogen and oxygen atoms in total. The summed E-state index contributed by atoms with van der Waals surface area (Å²) in [5, 5.41) is 15.3. The Morgan fingerprint density at radius 1 is 1.45 bits per heavy atom. The summed E-state index contributed by atoms with van der Waals surface area (Å²) in [5.41, 5.74) is 0.592. The molecule has 1 aromatic carbocycles. The lowest BCUT2D eigenvalue weighted by Crippen LogP contribution is -2.39. The number of anilines is 1. The third-order valence-electron chi connectivity index (χ3n) is 3.52. The zero-order chi connectivity index (χ0) is 15.5. The predicted molar refractivity (Wildman–Crippen MR) is 82.2 cm³/mol. The molecule has 0 saturated heterocycles. The van der Waals surface area contributed by atoms with Crippen molar-refractivity contribution < 1.29 is 14.3 Å². The number of benzene rings is 1. The summed E-state index contributed by atoms with van der Waals surface area (Å²) in [6, 6.07) is 5.55. The lowest BCUT2D eigenvalue weighted by atomic mass is 10.1. The summed E-state index contributed by atoms with van der Waals surface area (Å²) in [7, 11) is 0. The fraction of sp³-hybridized carbons (Fsp3) is 0.333. The highest BCUT2D eigenvalue weighted by Gasteiger charge is 2.34. The van der Waals surface area contributed by atoms with Crippen LogP contribution in [0.1, 0.15) is 24.5 Å². The number of rotatable bonds is 5. The lowest BCUT2D eigenvalue weighted by Gasteiger charge is -2.25. The molecule has 0 spiro atoms. The van der Waals surface area contributed by atoms with E-state index in [9.17, 15) is 14.3 Å². The van der Waals surface area contributed by atoms with Crippen molar-refractivity contribution in [2.45, 2.75) is 25.0 Å². The summed E-state index contributed by atoms with van der Waals surface area (Å²) < 4.78 is 12.9. The maximum atomic E-state index is 12.9. The fourth-order valence-corrected chi connectivity index (χ4v) is 2.73. The van der Waals surface area contributed by atoms with E-state index in [0.29, 0.717) is 10.7 Å². The Bertz CT molecular complexity index is 629. The smallest absolute Gasteiger partial charge is 0.323 e. The van der Waals surface area contributed by atoms with Crippen molar-refractivity contribution in [1.82, 2.24) is 9.88 Å². The van der Waals surface area contributed by atoms with Gasteiger partial charge in [0, 0.05) is 17.6 Å². The number of nitrogens with one attached hydrogen (secondary N) is 1. The van der Waals surface area contributed by atoms with Gasteiger partial charge in [0.05, 0.1) is 12.6 Å². The monoisotopic (exact) mass is 321 g/mol. The van der Waals surface area contributed by atoms with Gasteiger partial charge in [-0.25, -0.2) is 14.2 Å². The molecule has 2 N–H and O–H groups in total. The van der Waals surface area contributed by atoms with Gasteiger partial charge in [-0.3, -0.25) is 5.32 Å². The number of hydrogen-bond donors (Lipinski definition) is 2. The molecule has 1 aliphatic carbocycles. The van der Waals surface area contributed by atoms with E-state index in [-0.39, 0.29) is 24.4 Å². The molecule has 1 heterocycles. The first-order valence-corrected chi connectivity index (χ1v) is 7.92. The van der Waals surface area contributed by atoms with E-state index in [4.69, 9.17) is 0 Å². The lowest BCUT2D eigenvalue weighted by molar-refractivity contribution is 0.123.